The lowest BCUT2D eigenvalue weighted by molar-refractivity contribution is -0.140. The highest BCUT2D eigenvalue weighted by atomic mass is 16.4. The van der Waals surface area contributed by atoms with Crippen molar-refractivity contribution in [1.29, 1.82) is 0 Å². The lowest BCUT2D eigenvalue weighted by Crippen LogP contribution is -2.36. The Morgan fingerprint density at radius 1 is 1.42 bits per heavy atom. The second-order valence-electron chi connectivity index (χ2n) is 2.07. The van der Waals surface area contributed by atoms with Gasteiger partial charge < -0.3 is 15.5 Å². The van der Waals surface area contributed by atoms with Gasteiger partial charge in [0.1, 0.15) is 6.04 Å². The second-order valence-corrected chi connectivity index (χ2v) is 2.07. The molecule has 0 heterocycles. The molecule has 6 nitrogen and oxygen atoms in total. The summed E-state index contributed by atoms with van der Waals surface area (Å²) in [6.45, 7) is 0. The molecule has 3 N–H and O–H groups in total. The minimum absolute atomic E-state index is 0.139. The van der Waals surface area contributed by atoms with Crippen LogP contribution in [0.3, 0.4) is 0 Å². The Hall–Kier alpha value is -1.59. The van der Waals surface area contributed by atoms with E-state index >= 15 is 0 Å². The Morgan fingerprint density at radius 2 is 2.00 bits per heavy atom. The molecule has 1 unspecified atom stereocenters. The Morgan fingerprint density at radius 3 is 2.33 bits per heavy atom. The third-order valence-corrected chi connectivity index (χ3v) is 1.18. The Bertz CT molecular complexity index is 190. The Labute approximate surface area is 68.2 Å². The smallest absolute Gasteiger partial charge is 0.326 e. The van der Waals surface area contributed by atoms with Crippen LogP contribution in [0.5, 0.6) is 0 Å². The molecule has 67 valence electrons. The standard InChI is InChI=1S/C6H8NO5/c8-3-7-4(6(11)12)1-2-5(9)10/h4H,1-2H2,(H,7,8)(H,9,10)(H,11,12). The van der Waals surface area contributed by atoms with E-state index in [1.807, 2.05) is 5.32 Å². The van der Waals surface area contributed by atoms with E-state index in [0.717, 1.165) is 0 Å². The molecule has 0 saturated carbocycles. The average Bonchev–Trinajstić information content (AvgIpc) is 1.96. The van der Waals surface area contributed by atoms with Crippen LogP contribution in [0, 0.1) is 0 Å². The molecule has 1 atom stereocenters. The first-order valence-electron chi connectivity index (χ1n) is 3.15. The van der Waals surface area contributed by atoms with Gasteiger partial charge in [0.05, 0.1) is 0 Å². The van der Waals surface area contributed by atoms with E-state index < -0.39 is 18.0 Å². The first-order valence-corrected chi connectivity index (χ1v) is 3.15. The van der Waals surface area contributed by atoms with Crippen molar-refractivity contribution in [1.82, 2.24) is 5.32 Å². The SMILES string of the molecule is O=[C]NC(CCC(=O)O)C(=O)O. The van der Waals surface area contributed by atoms with Gasteiger partial charge in [0.25, 0.3) is 0 Å². The zero-order valence-corrected chi connectivity index (χ0v) is 6.11. The van der Waals surface area contributed by atoms with Gasteiger partial charge in [-0.05, 0) is 6.42 Å². The number of carbonyl (C=O) groups is 2. The number of carboxylic acids is 2. The van der Waals surface area contributed by atoms with E-state index in [1.54, 1.807) is 0 Å². The number of rotatable bonds is 6. The molecule has 0 bridgehead atoms. The molecule has 0 rings (SSSR count). The van der Waals surface area contributed by atoms with Crippen molar-refractivity contribution in [2.45, 2.75) is 18.9 Å². The lowest BCUT2D eigenvalue weighted by Gasteiger charge is -2.07. The summed E-state index contributed by atoms with van der Waals surface area (Å²) in [7, 11) is 0. The maximum atomic E-state index is 10.3. The molecule has 0 aromatic heterocycles. The largest absolute Gasteiger partial charge is 0.481 e. The molecule has 0 aliphatic rings. The van der Waals surface area contributed by atoms with Crippen molar-refractivity contribution >= 4 is 18.3 Å². The van der Waals surface area contributed by atoms with Gasteiger partial charge in [-0.3, -0.25) is 9.59 Å². The highest BCUT2D eigenvalue weighted by Crippen LogP contribution is 1.96. The molecule has 0 spiro atoms. The molecular formula is C6H8NO5. The highest BCUT2D eigenvalue weighted by Gasteiger charge is 2.17. The van der Waals surface area contributed by atoms with Gasteiger partial charge in [0.15, 0.2) is 0 Å². The molecule has 1 radical (unpaired) electrons. The fourth-order valence-corrected chi connectivity index (χ4v) is 0.596. The van der Waals surface area contributed by atoms with Crippen molar-refractivity contribution in [3.63, 3.8) is 0 Å². The summed E-state index contributed by atoms with van der Waals surface area (Å²) in [5.41, 5.74) is 0. The molecule has 6 heteroatoms. The van der Waals surface area contributed by atoms with Gasteiger partial charge in [-0.15, -0.1) is 0 Å². The summed E-state index contributed by atoms with van der Waals surface area (Å²) in [6, 6.07) is -1.17. The van der Waals surface area contributed by atoms with E-state index in [2.05, 4.69) is 0 Å². The molecule has 12 heavy (non-hydrogen) atoms. The average molecular weight is 174 g/mol. The molecular weight excluding hydrogens is 166 g/mol. The summed E-state index contributed by atoms with van der Waals surface area (Å²) in [5.74, 6) is -2.37. The highest BCUT2D eigenvalue weighted by molar-refractivity contribution is 5.77. The van der Waals surface area contributed by atoms with Gasteiger partial charge in [0.2, 0.25) is 0 Å². The molecule has 0 aromatic rings. The predicted octanol–water partition coefficient (Wildman–Crippen LogP) is -1.04. The number of hydrogen-bond acceptors (Lipinski definition) is 3. The summed E-state index contributed by atoms with van der Waals surface area (Å²) in [6.07, 6.45) is 0.760. The number of hydrogen-bond donors (Lipinski definition) is 3. The third-order valence-electron chi connectivity index (χ3n) is 1.18. The van der Waals surface area contributed by atoms with Crippen molar-refractivity contribution in [3.05, 3.63) is 0 Å². The fourth-order valence-electron chi connectivity index (χ4n) is 0.596. The molecule has 0 aliphatic heterocycles. The number of amides is 1. The van der Waals surface area contributed by atoms with Crippen LogP contribution in [-0.2, 0) is 14.4 Å². The molecule has 0 saturated heterocycles. The summed E-state index contributed by atoms with van der Waals surface area (Å²) >= 11 is 0. The first kappa shape index (κ1) is 10.4. The van der Waals surface area contributed by atoms with Crippen molar-refractivity contribution in [2.75, 3.05) is 0 Å². The van der Waals surface area contributed by atoms with Crippen LogP contribution in [0.25, 0.3) is 0 Å². The minimum Gasteiger partial charge on any atom is -0.481 e. The minimum atomic E-state index is -1.26. The lowest BCUT2D eigenvalue weighted by atomic mass is 10.1. The van der Waals surface area contributed by atoms with Crippen molar-refractivity contribution in [3.8, 4) is 0 Å². The quantitative estimate of drug-likeness (QED) is 0.446. The first-order chi connectivity index (χ1) is 5.57. The number of nitrogens with one attached hydrogen (secondary N) is 1. The number of carbonyl (C=O) groups excluding carboxylic acids is 1. The second kappa shape index (κ2) is 5.11. The van der Waals surface area contributed by atoms with Crippen molar-refractivity contribution < 1.29 is 24.6 Å². The number of aliphatic carboxylic acids is 2. The van der Waals surface area contributed by atoms with Gasteiger partial charge in [0, 0.05) is 6.42 Å². The van der Waals surface area contributed by atoms with Crippen LogP contribution < -0.4 is 5.32 Å². The van der Waals surface area contributed by atoms with Crippen molar-refractivity contribution in [2.24, 2.45) is 0 Å². The molecule has 0 aliphatic carbocycles. The zero-order valence-electron chi connectivity index (χ0n) is 6.11. The predicted molar refractivity (Wildman–Crippen MR) is 37.1 cm³/mol. The zero-order chi connectivity index (χ0) is 9.56. The Balaban J connectivity index is 3.86. The van der Waals surface area contributed by atoms with Crippen LogP contribution in [0.2, 0.25) is 0 Å². The maximum absolute atomic E-state index is 10.3. The monoisotopic (exact) mass is 174 g/mol. The van der Waals surface area contributed by atoms with Gasteiger partial charge in [-0.1, -0.05) is 0 Å². The summed E-state index contributed by atoms with van der Waals surface area (Å²) in [5, 5.41) is 18.4. The van der Waals surface area contributed by atoms with Crippen LogP contribution in [0.4, 0.5) is 0 Å². The van der Waals surface area contributed by atoms with E-state index in [0.29, 0.717) is 0 Å². The van der Waals surface area contributed by atoms with E-state index in [-0.39, 0.29) is 12.8 Å². The Kier molecular flexibility index (Phi) is 4.43. The summed E-state index contributed by atoms with van der Waals surface area (Å²) in [4.78, 5) is 30.0. The van der Waals surface area contributed by atoms with E-state index in [4.69, 9.17) is 10.2 Å². The molecule has 0 fully saturated rings. The summed E-state index contributed by atoms with van der Waals surface area (Å²) < 4.78 is 0. The van der Waals surface area contributed by atoms with Crippen LogP contribution in [0.15, 0.2) is 0 Å². The van der Waals surface area contributed by atoms with E-state index in [1.165, 1.54) is 6.41 Å². The van der Waals surface area contributed by atoms with Crippen LogP contribution in [-0.4, -0.2) is 34.6 Å². The van der Waals surface area contributed by atoms with Crippen LogP contribution >= 0.6 is 0 Å². The third kappa shape index (κ3) is 4.26. The number of carboxylic acid groups (broad SMARTS) is 2. The molecule has 0 aromatic carbocycles. The molecule has 1 amide bonds. The van der Waals surface area contributed by atoms with Crippen LogP contribution in [0.1, 0.15) is 12.8 Å². The normalized spacial score (nSPS) is 11.7. The maximum Gasteiger partial charge on any atom is 0.326 e. The van der Waals surface area contributed by atoms with Gasteiger partial charge in [-0.25, -0.2) is 4.79 Å². The van der Waals surface area contributed by atoms with Gasteiger partial charge >= 0.3 is 18.3 Å². The topological polar surface area (TPSA) is 104 Å². The fraction of sp³-hybridized carbons (Fsp3) is 0.500. The van der Waals surface area contributed by atoms with Gasteiger partial charge in [-0.2, -0.15) is 0 Å². The van der Waals surface area contributed by atoms with E-state index in [9.17, 15) is 14.4 Å².